The van der Waals surface area contributed by atoms with Crippen LogP contribution in [0, 0.1) is 27.7 Å². The maximum absolute atomic E-state index is 12.7. The first-order valence-corrected chi connectivity index (χ1v) is 9.27. The Kier molecular flexibility index (Phi) is 6.37. The van der Waals surface area contributed by atoms with Crippen LogP contribution in [-0.4, -0.2) is 34.1 Å². The van der Waals surface area contributed by atoms with Crippen LogP contribution < -0.4 is 5.73 Å². The van der Waals surface area contributed by atoms with E-state index in [1.165, 1.54) is 18.0 Å². The molecule has 1 aromatic carbocycles. The maximum Gasteiger partial charge on any atom is 0.343 e. The van der Waals surface area contributed by atoms with Crippen LogP contribution in [0.25, 0.3) is 0 Å². The summed E-state index contributed by atoms with van der Waals surface area (Å²) >= 11 is 1.20. The minimum absolute atomic E-state index is 0.0217. The lowest BCUT2D eigenvalue weighted by atomic mass is 9.92. The maximum atomic E-state index is 12.7. The quantitative estimate of drug-likeness (QED) is 0.359. The summed E-state index contributed by atoms with van der Waals surface area (Å²) < 4.78 is 4.89. The number of aryl methyl sites for hydroxylation is 2. The molecule has 2 N–H and O–H groups in total. The molecule has 0 saturated heterocycles. The molecule has 0 amide bonds. The van der Waals surface area contributed by atoms with Crippen molar-refractivity contribution in [2.45, 2.75) is 39.8 Å². The van der Waals surface area contributed by atoms with Gasteiger partial charge in [-0.1, -0.05) is 17.8 Å². The Morgan fingerprint density at radius 3 is 2.31 bits per heavy atom. The van der Waals surface area contributed by atoms with Crippen molar-refractivity contribution in [2.24, 2.45) is 0 Å². The number of ketones is 1. The highest BCUT2D eigenvalue weighted by molar-refractivity contribution is 7.99. The number of Topliss-reactive ketones (excluding diaryl/α,β-unsaturated/α-hetero) is 1. The molecule has 2 aromatic rings. The lowest BCUT2D eigenvalue weighted by Gasteiger charge is -2.14. The number of carbonyl (C=O) groups is 2. The topological polar surface area (TPSA) is 95.2 Å². The van der Waals surface area contributed by atoms with Crippen LogP contribution in [-0.2, 0) is 4.74 Å². The highest BCUT2D eigenvalue weighted by atomic mass is 32.2. The third-order valence-electron chi connectivity index (χ3n) is 4.27. The van der Waals surface area contributed by atoms with E-state index in [4.69, 9.17) is 10.5 Å². The standard InChI is InChI=1S/C19H23N3O3S/c1-6-25-18(24)14-8-21-19(22-17(14)20)26-9-15(23)16-12(4)10(2)7-11(3)13(16)5/h7-8H,6,9H2,1-5H3,(H2,20,21,22). The third-order valence-corrected chi connectivity index (χ3v) is 5.13. The summed E-state index contributed by atoms with van der Waals surface area (Å²) in [6.45, 7) is 9.89. The molecule has 0 bridgehead atoms. The Labute approximate surface area is 157 Å². The number of aromatic nitrogens is 2. The molecule has 2 rings (SSSR count). The highest BCUT2D eigenvalue weighted by Gasteiger charge is 2.18. The lowest BCUT2D eigenvalue weighted by Crippen LogP contribution is -2.12. The highest BCUT2D eigenvalue weighted by Crippen LogP contribution is 2.25. The zero-order chi connectivity index (χ0) is 19.4. The van der Waals surface area contributed by atoms with Crippen LogP contribution in [0.3, 0.4) is 0 Å². The van der Waals surface area contributed by atoms with Gasteiger partial charge in [-0.15, -0.1) is 0 Å². The summed E-state index contributed by atoms with van der Waals surface area (Å²) in [6.07, 6.45) is 1.33. The van der Waals surface area contributed by atoms with Crippen LogP contribution in [0.5, 0.6) is 0 Å². The molecule has 0 saturated carbocycles. The van der Waals surface area contributed by atoms with Gasteiger partial charge in [0, 0.05) is 11.8 Å². The van der Waals surface area contributed by atoms with E-state index in [1.54, 1.807) is 6.92 Å². The van der Waals surface area contributed by atoms with Crippen molar-refractivity contribution in [3.63, 3.8) is 0 Å². The van der Waals surface area contributed by atoms with E-state index in [-0.39, 0.29) is 29.5 Å². The van der Waals surface area contributed by atoms with E-state index in [1.807, 2.05) is 27.7 Å². The van der Waals surface area contributed by atoms with Gasteiger partial charge < -0.3 is 10.5 Å². The Bertz CT molecular complexity index is 839. The van der Waals surface area contributed by atoms with Gasteiger partial charge in [-0.25, -0.2) is 14.8 Å². The minimum atomic E-state index is -0.556. The van der Waals surface area contributed by atoms with Crippen LogP contribution in [0.2, 0.25) is 0 Å². The molecule has 0 atom stereocenters. The number of benzene rings is 1. The number of nitrogens with zero attached hydrogens (tertiary/aromatic N) is 2. The zero-order valence-electron chi connectivity index (χ0n) is 15.7. The minimum Gasteiger partial charge on any atom is -0.462 e. The number of hydrogen-bond acceptors (Lipinski definition) is 7. The normalized spacial score (nSPS) is 10.7. The molecule has 7 heteroatoms. The molecule has 138 valence electrons. The van der Waals surface area contributed by atoms with Gasteiger partial charge in [-0.3, -0.25) is 4.79 Å². The van der Waals surface area contributed by atoms with E-state index >= 15 is 0 Å². The van der Waals surface area contributed by atoms with E-state index in [9.17, 15) is 9.59 Å². The van der Waals surface area contributed by atoms with Crippen LogP contribution >= 0.6 is 11.8 Å². The van der Waals surface area contributed by atoms with E-state index in [0.29, 0.717) is 5.16 Å². The summed E-state index contributed by atoms with van der Waals surface area (Å²) in [5.74, 6) is -0.289. The predicted octanol–water partition coefficient (Wildman–Crippen LogP) is 3.44. The van der Waals surface area contributed by atoms with Crippen molar-refractivity contribution in [1.29, 1.82) is 0 Å². The molecule has 0 aliphatic rings. The lowest BCUT2D eigenvalue weighted by molar-refractivity contribution is 0.0526. The molecule has 1 heterocycles. The van der Waals surface area contributed by atoms with Gasteiger partial charge in [-0.2, -0.15) is 0 Å². The number of hydrogen-bond donors (Lipinski definition) is 1. The molecule has 26 heavy (non-hydrogen) atoms. The second kappa shape index (κ2) is 8.31. The fraction of sp³-hybridized carbons (Fsp3) is 0.368. The van der Waals surface area contributed by atoms with Gasteiger partial charge in [0.05, 0.1) is 12.4 Å². The van der Waals surface area contributed by atoms with Crippen molar-refractivity contribution >= 4 is 29.3 Å². The van der Waals surface area contributed by atoms with Gasteiger partial charge in [-0.05, 0) is 56.9 Å². The van der Waals surface area contributed by atoms with E-state index in [2.05, 4.69) is 16.0 Å². The molecule has 0 aliphatic heterocycles. The molecule has 0 radical (unpaired) electrons. The van der Waals surface area contributed by atoms with Crippen molar-refractivity contribution in [3.05, 3.63) is 45.6 Å². The van der Waals surface area contributed by atoms with Crippen molar-refractivity contribution in [1.82, 2.24) is 9.97 Å². The van der Waals surface area contributed by atoms with Gasteiger partial charge in [0.2, 0.25) is 0 Å². The molecule has 0 fully saturated rings. The average Bonchev–Trinajstić information content (AvgIpc) is 2.58. The molecular weight excluding hydrogens is 350 g/mol. The number of rotatable bonds is 6. The number of anilines is 1. The monoisotopic (exact) mass is 373 g/mol. The van der Waals surface area contributed by atoms with E-state index in [0.717, 1.165) is 27.8 Å². The van der Waals surface area contributed by atoms with Gasteiger partial charge in [0.25, 0.3) is 0 Å². The average molecular weight is 373 g/mol. The molecule has 6 nitrogen and oxygen atoms in total. The summed E-state index contributed by atoms with van der Waals surface area (Å²) in [4.78, 5) is 32.7. The second-order valence-corrected chi connectivity index (χ2v) is 6.96. The van der Waals surface area contributed by atoms with Crippen molar-refractivity contribution < 1.29 is 14.3 Å². The Hall–Kier alpha value is -2.41. The first-order chi connectivity index (χ1) is 12.3. The van der Waals surface area contributed by atoms with Gasteiger partial charge >= 0.3 is 5.97 Å². The summed E-state index contributed by atoms with van der Waals surface area (Å²) in [7, 11) is 0. The second-order valence-electron chi connectivity index (χ2n) is 6.02. The fourth-order valence-electron chi connectivity index (χ4n) is 2.65. The molecule has 1 aromatic heterocycles. The molecule has 0 spiro atoms. The summed E-state index contributed by atoms with van der Waals surface area (Å²) in [5, 5.41) is 0.351. The van der Waals surface area contributed by atoms with Crippen molar-refractivity contribution in [2.75, 3.05) is 18.1 Å². The first kappa shape index (κ1) is 19.9. The fourth-order valence-corrected chi connectivity index (χ4v) is 3.35. The van der Waals surface area contributed by atoms with Crippen LogP contribution in [0.4, 0.5) is 5.82 Å². The predicted molar refractivity (Wildman–Crippen MR) is 103 cm³/mol. The number of esters is 1. The van der Waals surface area contributed by atoms with Crippen LogP contribution in [0.1, 0.15) is 49.9 Å². The Morgan fingerprint density at radius 1 is 1.15 bits per heavy atom. The van der Waals surface area contributed by atoms with Gasteiger partial charge in [0.15, 0.2) is 10.9 Å². The number of nitrogens with two attached hydrogens (primary N) is 1. The summed E-state index contributed by atoms with van der Waals surface area (Å²) in [6, 6.07) is 2.09. The largest absolute Gasteiger partial charge is 0.462 e. The Balaban J connectivity index is 2.16. The zero-order valence-corrected chi connectivity index (χ0v) is 16.5. The number of ether oxygens (including phenoxy) is 1. The molecule has 0 unspecified atom stereocenters. The number of carbonyl (C=O) groups excluding carboxylic acids is 2. The summed E-state index contributed by atoms with van der Waals surface area (Å²) in [5.41, 5.74) is 10.9. The number of thioether (sulfide) groups is 1. The van der Waals surface area contributed by atoms with Gasteiger partial charge in [0.1, 0.15) is 11.4 Å². The van der Waals surface area contributed by atoms with Crippen molar-refractivity contribution in [3.8, 4) is 0 Å². The first-order valence-electron chi connectivity index (χ1n) is 8.29. The Morgan fingerprint density at radius 2 is 1.77 bits per heavy atom. The SMILES string of the molecule is CCOC(=O)c1cnc(SCC(=O)c2c(C)c(C)cc(C)c2C)nc1N. The number of nitrogen functional groups attached to an aromatic ring is 1. The smallest absolute Gasteiger partial charge is 0.343 e. The molecule has 0 aliphatic carbocycles. The van der Waals surface area contributed by atoms with Crippen LogP contribution in [0.15, 0.2) is 17.4 Å². The van der Waals surface area contributed by atoms with E-state index < -0.39 is 5.97 Å². The third kappa shape index (κ3) is 4.22. The molecular formula is C19H23N3O3S.